The minimum Gasteiger partial charge on any atom is -0.276 e. The Morgan fingerprint density at radius 1 is 1.06 bits per heavy atom. The van der Waals surface area contributed by atoms with E-state index in [9.17, 15) is 4.79 Å². The number of halogens is 1. The fourth-order valence-corrected chi connectivity index (χ4v) is 2.17. The maximum atomic E-state index is 11.0. The fraction of sp³-hybridized carbons (Fsp3) is 0.214. The van der Waals surface area contributed by atoms with Gasteiger partial charge in [0.25, 0.3) is 5.24 Å². The summed E-state index contributed by atoms with van der Waals surface area (Å²) < 4.78 is 0. The van der Waals surface area contributed by atoms with Crippen molar-refractivity contribution < 1.29 is 4.79 Å². The second kappa shape index (κ2) is 3.60. The molecule has 1 fully saturated rings. The molecule has 3 rings (SSSR count). The minimum absolute atomic E-state index is 0.395. The van der Waals surface area contributed by atoms with Crippen molar-refractivity contribution in [3.05, 3.63) is 47.5 Å². The van der Waals surface area contributed by atoms with Crippen LogP contribution in [0.1, 0.15) is 34.7 Å². The van der Waals surface area contributed by atoms with Gasteiger partial charge in [-0.2, -0.15) is 0 Å². The van der Waals surface area contributed by atoms with Crippen LogP contribution in [0.4, 0.5) is 0 Å². The lowest BCUT2D eigenvalue weighted by Crippen LogP contribution is -1.88. The van der Waals surface area contributed by atoms with Gasteiger partial charge in [0.2, 0.25) is 0 Å². The van der Waals surface area contributed by atoms with Gasteiger partial charge in [0, 0.05) is 5.56 Å². The van der Waals surface area contributed by atoms with Crippen LogP contribution in [-0.4, -0.2) is 5.24 Å². The Kier molecular flexibility index (Phi) is 2.22. The smallest absolute Gasteiger partial charge is 0.252 e. The Bertz CT molecular complexity index is 570. The van der Waals surface area contributed by atoms with Crippen LogP contribution in [0.3, 0.4) is 0 Å². The van der Waals surface area contributed by atoms with Crippen molar-refractivity contribution in [1.29, 1.82) is 0 Å². The van der Waals surface area contributed by atoms with E-state index in [1.807, 2.05) is 12.1 Å². The van der Waals surface area contributed by atoms with Crippen molar-refractivity contribution >= 4 is 27.6 Å². The Hall–Kier alpha value is -1.34. The Labute approximate surface area is 99.0 Å². The molecule has 0 heterocycles. The molecule has 2 aromatic carbocycles. The van der Waals surface area contributed by atoms with Gasteiger partial charge in [0.15, 0.2) is 0 Å². The number of rotatable bonds is 2. The van der Waals surface area contributed by atoms with Crippen LogP contribution >= 0.6 is 11.6 Å². The monoisotopic (exact) mass is 230 g/mol. The van der Waals surface area contributed by atoms with Gasteiger partial charge in [-0.25, -0.2) is 0 Å². The summed E-state index contributed by atoms with van der Waals surface area (Å²) in [5, 5.41) is 1.87. The van der Waals surface area contributed by atoms with E-state index in [1.54, 1.807) is 6.07 Å². The summed E-state index contributed by atoms with van der Waals surface area (Å²) in [6, 6.07) is 12.1. The van der Waals surface area contributed by atoms with Crippen molar-refractivity contribution in [3.8, 4) is 0 Å². The predicted molar refractivity (Wildman–Crippen MR) is 66.1 cm³/mol. The fourth-order valence-electron chi connectivity index (χ4n) is 2.06. The Morgan fingerprint density at radius 3 is 2.44 bits per heavy atom. The van der Waals surface area contributed by atoms with Gasteiger partial charge in [0.1, 0.15) is 0 Å². The molecule has 0 aromatic heterocycles. The van der Waals surface area contributed by atoms with Gasteiger partial charge in [-0.3, -0.25) is 4.79 Å². The van der Waals surface area contributed by atoms with E-state index < -0.39 is 5.24 Å². The maximum absolute atomic E-state index is 11.0. The molecule has 1 aliphatic rings. The highest BCUT2D eigenvalue weighted by Crippen LogP contribution is 2.40. The van der Waals surface area contributed by atoms with E-state index in [0.29, 0.717) is 5.56 Å². The third-order valence-corrected chi connectivity index (χ3v) is 3.36. The molecule has 0 atom stereocenters. The summed E-state index contributed by atoms with van der Waals surface area (Å²) in [6.07, 6.45) is 2.62. The van der Waals surface area contributed by atoms with Gasteiger partial charge >= 0.3 is 0 Å². The molecule has 0 N–H and O–H groups in total. The number of benzene rings is 2. The van der Waals surface area contributed by atoms with Crippen LogP contribution in [-0.2, 0) is 0 Å². The van der Waals surface area contributed by atoms with Crippen LogP contribution in [0.5, 0.6) is 0 Å². The van der Waals surface area contributed by atoms with E-state index in [0.717, 1.165) is 11.3 Å². The van der Waals surface area contributed by atoms with E-state index in [4.69, 9.17) is 11.6 Å². The second-order valence-electron chi connectivity index (χ2n) is 4.37. The Balaban J connectivity index is 2.12. The molecule has 0 saturated heterocycles. The molecule has 0 bridgehead atoms. The first kappa shape index (κ1) is 9.86. The van der Waals surface area contributed by atoms with Crippen LogP contribution < -0.4 is 0 Å². The SMILES string of the molecule is O=C(Cl)c1ccc2cc(C3CC3)ccc2c1. The van der Waals surface area contributed by atoms with E-state index in [2.05, 4.69) is 18.2 Å². The molecule has 0 unspecified atom stereocenters. The second-order valence-corrected chi connectivity index (χ2v) is 4.71. The van der Waals surface area contributed by atoms with Gasteiger partial charge in [-0.05, 0) is 58.8 Å². The van der Waals surface area contributed by atoms with Crippen molar-refractivity contribution in [3.63, 3.8) is 0 Å². The lowest BCUT2D eigenvalue weighted by molar-refractivity contribution is 0.108. The summed E-state index contributed by atoms with van der Waals surface area (Å²) in [4.78, 5) is 11.0. The molecule has 2 heteroatoms. The molecular weight excluding hydrogens is 220 g/mol. The first-order valence-electron chi connectivity index (χ1n) is 5.47. The molecule has 0 spiro atoms. The highest BCUT2D eigenvalue weighted by atomic mass is 35.5. The highest BCUT2D eigenvalue weighted by Gasteiger charge is 2.23. The van der Waals surface area contributed by atoms with E-state index in [-0.39, 0.29) is 0 Å². The molecule has 1 saturated carbocycles. The summed E-state index contributed by atoms with van der Waals surface area (Å²) in [6.45, 7) is 0. The lowest BCUT2D eigenvalue weighted by Gasteiger charge is -2.03. The summed E-state index contributed by atoms with van der Waals surface area (Å²) in [5.41, 5.74) is 1.98. The molecule has 1 aliphatic carbocycles. The molecule has 0 radical (unpaired) electrons. The third kappa shape index (κ3) is 1.72. The number of hydrogen-bond donors (Lipinski definition) is 0. The summed E-state index contributed by atoms with van der Waals surface area (Å²) in [7, 11) is 0. The third-order valence-electron chi connectivity index (χ3n) is 3.14. The number of fused-ring (bicyclic) bond motifs is 1. The van der Waals surface area contributed by atoms with Gasteiger partial charge in [-0.15, -0.1) is 0 Å². The first-order valence-corrected chi connectivity index (χ1v) is 5.85. The topological polar surface area (TPSA) is 17.1 Å². The number of carbonyl (C=O) groups is 1. The number of hydrogen-bond acceptors (Lipinski definition) is 1. The van der Waals surface area contributed by atoms with Crippen LogP contribution in [0.2, 0.25) is 0 Å². The quantitative estimate of drug-likeness (QED) is 0.710. The zero-order valence-corrected chi connectivity index (χ0v) is 9.50. The van der Waals surface area contributed by atoms with Gasteiger partial charge in [0.05, 0.1) is 0 Å². The normalized spacial score (nSPS) is 15.3. The van der Waals surface area contributed by atoms with Crippen molar-refractivity contribution in [2.24, 2.45) is 0 Å². The molecule has 2 aromatic rings. The highest BCUT2D eigenvalue weighted by molar-refractivity contribution is 6.67. The standard InChI is InChI=1S/C14H11ClO/c15-14(16)13-6-5-11-7-10(9-1-2-9)3-4-12(11)8-13/h3-9H,1-2H2. The molecule has 1 nitrogen and oxygen atoms in total. The van der Waals surface area contributed by atoms with E-state index in [1.165, 1.54) is 23.8 Å². The average molecular weight is 231 g/mol. The van der Waals surface area contributed by atoms with Crippen molar-refractivity contribution in [2.75, 3.05) is 0 Å². The minimum atomic E-state index is -0.395. The van der Waals surface area contributed by atoms with Crippen molar-refractivity contribution in [2.45, 2.75) is 18.8 Å². The van der Waals surface area contributed by atoms with Crippen molar-refractivity contribution in [1.82, 2.24) is 0 Å². The largest absolute Gasteiger partial charge is 0.276 e. The maximum Gasteiger partial charge on any atom is 0.252 e. The number of carbonyl (C=O) groups excluding carboxylic acids is 1. The molecule has 16 heavy (non-hydrogen) atoms. The van der Waals surface area contributed by atoms with Gasteiger partial charge < -0.3 is 0 Å². The van der Waals surface area contributed by atoms with Crippen LogP contribution in [0, 0.1) is 0 Å². The zero-order chi connectivity index (χ0) is 11.1. The van der Waals surface area contributed by atoms with Crippen LogP contribution in [0.25, 0.3) is 10.8 Å². The predicted octanol–water partition coefficient (Wildman–Crippen LogP) is 4.10. The lowest BCUT2D eigenvalue weighted by atomic mass is 10.0. The first-order chi connectivity index (χ1) is 7.74. The molecular formula is C14H11ClO. The Morgan fingerprint density at radius 2 is 1.75 bits per heavy atom. The molecule has 0 amide bonds. The summed E-state index contributed by atoms with van der Waals surface area (Å²) in [5.74, 6) is 0.763. The average Bonchev–Trinajstić information content (AvgIpc) is 3.11. The van der Waals surface area contributed by atoms with E-state index >= 15 is 0 Å². The molecule has 0 aliphatic heterocycles. The molecule has 80 valence electrons. The van der Waals surface area contributed by atoms with Gasteiger partial charge in [-0.1, -0.05) is 24.3 Å². The zero-order valence-electron chi connectivity index (χ0n) is 8.74. The summed E-state index contributed by atoms with van der Waals surface area (Å²) >= 11 is 5.46. The van der Waals surface area contributed by atoms with Crippen LogP contribution in [0.15, 0.2) is 36.4 Å².